The van der Waals surface area contributed by atoms with Crippen LogP contribution in [0, 0.1) is 24.7 Å². The van der Waals surface area contributed by atoms with E-state index in [1.54, 1.807) is 25.1 Å². The average molecular weight is 315 g/mol. The summed E-state index contributed by atoms with van der Waals surface area (Å²) in [7, 11) is 3.45. The van der Waals surface area contributed by atoms with Gasteiger partial charge in [-0.15, -0.1) is 0 Å². The number of rotatable bonds is 3. The summed E-state index contributed by atoms with van der Waals surface area (Å²) in [6, 6.07) is 5.45. The number of amides is 2. The minimum atomic E-state index is -0.0944. The molecule has 0 saturated heterocycles. The Bertz CT molecular complexity index is 639. The number of hydrogen-bond acceptors (Lipinski definition) is 3. The van der Waals surface area contributed by atoms with E-state index in [1.165, 1.54) is 0 Å². The van der Waals surface area contributed by atoms with Crippen LogP contribution < -0.4 is 11.1 Å². The van der Waals surface area contributed by atoms with Crippen molar-refractivity contribution in [1.29, 1.82) is 0 Å². The van der Waals surface area contributed by atoms with E-state index in [4.69, 9.17) is 5.73 Å². The van der Waals surface area contributed by atoms with E-state index in [1.807, 2.05) is 19.1 Å². The molecule has 0 aliphatic heterocycles. The fourth-order valence-corrected chi connectivity index (χ4v) is 4.12. The molecule has 4 atom stereocenters. The summed E-state index contributed by atoms with van der Waals surface area (Å²) in [5, 5.41) is 2.97. The fourth-order valence-electron chi connectivity index (χ4n) is 4.12. The molecule has 1 aromatic rings. The maximum absolute atomic E-state index is 12.6. The van der Waals surface area contributed by atoms with Crippen LogP contribution in [0.2, 0.25) is 0 Å². The van der Waals surface area contributed by atoms with Gasteiger partial charge in [0.25, 0.3) is 5.91 Å². The highest BCUT2D eigenvalue weighted by Crippen LogP contribution is 2.47. The van der Waals surface area contributed by atoms with Crippen molar-refractivity contribution in [3.63, 3.8) is 0 Å². The van der Waals surface area contributed by atoms with Gasteiger partial charge in [0, 0.05) is 31.4 Å². The first-order chi connectivity index (χ1) is 10.9. The van der Waals surface area contributed by atoms with Crippen LogP contribution in [0.5, 0.6) is 0 Å². The summed E-state index contributed by atoms with van der Waals surface area (Å²) in [6.45, 7) is 1.90. The van der Waals surface area contributed by atoms with Gasteiger partial charge in [-0.2, -0.15) is 0 Å². The van der Waals surface area contributed by atoms with Crippen molar-refractivity contribution >= 4 is 17.5 Å². The van der Waals surface area contributed by atoms with Crippen LogP contribution in [0.3, 0.4) is 0 Å². The second-order valence-corrected chi connectivity index (χ2v) is 7.15. The van der Waals surface area contributed by atoms with Gasteiger partial charge in [-0.05, 0) is 55.7 Å². The Kier molecular flexibility index (Phi) is 4.15. The average Bonchev–Trinajstić information content (AvgIpc) is 3.09. The molecule has 23 heavy (non-hydrogen) atoms. The molecule has 2 saturated carbocycles. The summed E-state index contributed by atoms with van der Waals surface area (Å²) in [6.07, 6.45) is 3.34. The van der Waals surface area contributed by atoms with E-state index in [-0.39, 0.29) is 23.8 Å². The standard InChI is InChI=1S/C18H25N3O2/c1-10-4-7-13(9-14(10)18(23)21(2)3)20-17(22)15-11-5-6-12(8-11)16(15)19/h4,7,9,11-12,15-16H,5-6,8,19H2,1-3H3,(H,20,22). The molecule has 0 aromatic heterocycles. The van der Waals surface area contributed by atoms with Crippen LogP contribution in [0.1, 0.15) is 35.2 Å². The van der Waals surface area contributed by atoms with E-state index in [2.05, 4.69) is 5.32 Å². The van der Waals surface area contributed by atoms with Gasteiger partial charge >= 0.3 is 0 Å². The molecule has 4 unspecified atom stereocenters. The lowest BCUT2D eigenvalue weighted by atomic mass is 9.84. The summed E-state index contributed by atoms with van der Waals surface area (Å²) < 4.78 is 0. The monoisotopic (exact) mass is 315 g/mol. The van der Waals surface area contributed by atoms with Crippen LogP contribution in [-0.2, 0) is 4.79 Å². The number of fused-ring (bicyclic) bond motifs is 2. The van der Waals surface area contributed by atoms with Crippen LogP contribution in [0.4, 0.5) is 5.69 Å². The lowest BCUT2D eigenvalue weighted by Gasteiger charge is -2.27. The third-order valence-electron chi connectivity index (χ3n) is 5.43. The first-order valence-electron chi connectivity index (χ1n) is 8.27. The third kappa shape index (κ3) is 2.85. The summed E-state index contributed by atoms with van der Waals surface area (Å²) in [5.74, 6) is 0.762. The van der Waals surface area contributed by atoms with E-state index in [0.29, 0.717) is 23.1 Å². The maximum atomic E-state index is 12.6. The molecule has 2 amide bonds. The first kappa shape index (κ1) is 16.0. The number of carbonyl (C=O) groups is 2. The molecule has 0 spiro atoms. The fraction of sp³-hybridized carbons (Fsp3) is 0.556. The van der Waals surface area contributed by atoms with Crippen molar-refractivity contribution in [3.8, 4) is 0 Å². The Morgan fingerprint density at radius 1 is 1.22 bits per heavy atom. The third-order valence-corrected chi connectivity index (χ3v) is 5.43. The number of nitrogens with two attached hydrogens (primary N) is 1. The van der Waals surface area contributed by atoms with E-state index >= 15 is 0 Å². The predicted octanol–water partition coefficient (Wildman–Crippen LogP) is 2.01. The van der Waals surface area contributed by atoms with Gasteiger partial charge in [-0.25, -0.2) is 0 Å². The Hall–Kier alpha value is -1.88. The smallest absolute Gasteiger partial charge is 0.253 e. The minimum Gasteiger partial charge on any atom is -0.345 e. The number of carbonyl (C=O) groups excluding carboxylic acids is 2. The maximum Gasteiger partial charge on any atom is 0.253 e. The summed E-state index contributed by atoms with van der Waals surface area (Å²) in [4.78, 5) is 26.4. The van der Waals surface area contributed by atoms with E-state index < -0.39 is 0 Å². The number of nitrogens with one attached hydrogen (secondary N) is 1. The molecule has 5 heteroatoms. The summed E-state index contributed by atoms with van der Waals surface area (Å²) >= 11 is 0. The molecule has 124 valence electrons. The van der Waals surface area contributed by atoms with Gasteiger partial charge in [0.15, 0.2) is 0 Å². The lowest BCUT2D eigenvalue weighted by Crippen LogP contribution is -2.42. The molecular formula is C18H25N3O2. The molecule has 5 nitrogen and oxygen atoms in total. The molecule has 2 aliphatic carbocycles. The molecule has 3 N–H and O–H groups in total. The molecule has 0 radical (unpaired) electrons. The Morgan fingerprint density at radius 2 is 1.91 bits per heavy atom. The van der Waals surface area contributed by atoms with Crippen LogP contribution in [0.25, 0.3) is 0 Å². The second-order valence-electron chi connectivity index (χ2n) is 7.15. The van der Waals surface area contributed by atoms with Crippen molar-refractivity contribution in [2.45, 2.75) is 32.2 Å². The van der Waals surface area contributed by atoms with Crippen molar-refractivity contribution in [2.24, 2.45) is 23.5 Å². The molecule has 1 aromatic carbocycles. The van der Waals surface area contributed by atoms with Crippen molar-refractivity contribution in [2.75, 3.05) is 19.4 Å². The Morgan fingerprint density at radius 3 is 2.52 bits per heavy atom. The topological polar surface area (TPSA) is 75.4 Å². The molecule has 2 bridgehead atoms. The minimum absolute atomic E-state index is 0.00296. The molecule has 3 rings (SSSR count). The van der Waals surface area contributed by atoms with Crippen molar-refractivity contribution in [1.82, 2.24) is 4.90 Å². The van der Waals surface area contributed by atoms with Gasteiger partial charge in [-0.3, -0.25) is 9.59 Å². The van der Waals surface area contributed by atoms with Crippen LogP contribution in [-0.4, -0.2) is 36.9 Å². The quantitative estimate of drug-likeness (QED) is 0.896. The number of aryl methyl sites for hydroxylation is 1. The zero-order valence-corrected chi connectivity index (χ0v) is 14.0. The Balaban J connectivity index is 1.77. The largest absolute Gasteiger partial charge is 0.345 e. The normalized spacial score (nSPS) is 28.7. The Labute approximate surface area is 137 Å². The van der Waals surface area contributed by atoms with Gasteiger partial charge < -0.3 is 16.0 Å². The molecular weight excluding hydrogens is 290 g/mol. The number of nitrogens with zero attached hydrogens (tertiary/aromatic N) is 1. The predicted molar refractivity (Wildman–Crippen MR) is 90.1 cm³/mol. The zero-order valence-electron chi connectivity index (χ0n) is 14.0. The number of hydrogen-bond donors (Lipinski definition) is 2. The highest BCUT2D eigenvalue weighted by Gasteiger charge is 2.49. The SMILES string of the molecule is Cc1ccc(NC(=O)C2C3CCC(C3)C2N)cc1C(=O)N(C)C. The zero-order chi connectivity index (χ0) is 16.7. The van der Waals surface area contributed by atoms with Crippen LogP contribution in [0.15, 0.2) is 18.2 Å². The summed E-state index contributed by atoms with van der Waals surface area (Å²) in [5.41, 5.74) is 8.42. The van der Waals surface area contributed by atoms with Gasteiger partial charge in [0.05, 0.1) is 5.92 Å². The number of anilines is 1. The van der Waals surface area contributed by atoms with Crippen molar-refractivity contribution < 1.29 is 9.59 Å². The number of benzene rings is 1. The van der Waals surface area contributed by atoms with Crippen LogP contribution >= 0.6 is 0 Å². The molecule has 2 aliphatic rings. The van der Waals surface area contributed by atoms with Gasteiger partial charge in [-0.1, -0.05) is 6.07 Å². The van der Waals surface area contributed by atoms with Gasteiger partial charge in [0.1, 0.15) is 0 Å². The highest BCUT2D eigenvalue weighted by atomic mass is 16.2. The molecule has 2 fully saturated rings. The van der Waals surface area contributed by atoms with Crippen molar-refractivity contribution in [3.05, 3.63) is 29.3 Å². The van der Waals surface area contributed by atoms with E-state index in [9.17, 15) is 9.59 Å². The van der Waals surface area contributed by atoms with E-state index in [0.717, 1.165) is 24.8 Å². The molecule has 0 heterocycles. The second kappa shape index (κ2) is 5.96. The lowest BCUT2D eigenvalue weighted by molar-refractivity contribution is -0.121. The first-order valence-corrected chi connectivity index (χ1v) is 8.27. The van der Waals surface area contributed by atoms with Gasteiger partial charge in [0.2, 0.25) is 5.91 Å². The highest BCUT2D eigenvalue weighted by molar-refractivity contribution is 5.98.